The SMILES string of the molecule is CC(CCN)S(=O)Cc1ccccc1. The third kappa shape index (κ3) is 3.60. The van der Waals surface area contributed by atoms with Crippen molar-refractivity contribution in [3.05, 3.63) is 35.9 Å². The van der Waals surface area contributed by atoms with Gasteiger partial charge in [-0.05, 0) is 18.5 Å². The highest BCUT2D eigenvalue weighted by molar-refractivity contribution is 7.84. The van der Waals surface area contributed by atoms with Gasteiger partial charge in [0.25, 0.3) is 0 Å². The molecule has 3 heteroatoms. The number of benzene rings is 1. The maximum atomic E-state index is 11.8. The molecule has 0 heterocycles. The van der Waals surface area contributed by atoms with Gasteiger partial charge in [-0.3, -0.25) is 4.21 Å². The first kappa shape index (κ1) is 11.4. The van der Waals surface area contributed by atoms with E-state index in [9.17, 15) is 4.21 Å². The van der Waals surface area contributed by atoms with E-state index in [1.54, 1.807) is 0 Å². The first-order valence-electron chi connectivity index (χ1n) is 4.85. The molecule has 1 aromatic carbocycles. The van der Waals surface area contributed by atoms with Crippen LogP contribution in [0.4, 0.5) is 0 Å². The monoisotopic (exact) mass is 211 g/mol. The first-order chi connectivity index (χ1) is 6.74. The van der Waals surface area contributed by atoms with Crippen molar-refractivity contribution in [1.29, 1.82) is 0 Å². The van der Waals surface area contributed by atoms with Crippen molar-refractivity contribution < 1.29 is 4.21 Å². The highest BCUT2D eigenvalue weighted by atomic mass is 32.2. The lowest BCUT2D eigenvalue weighted by molar-refractivity contribution is 0.665. The largest absolute Gasteiger partial charge is 0.330 e. The van der Waals surface area contributed by atoms with Gasteiger partial charge in [0.1, 0.15) is 0 Å². The summed E-state index contributed by atoms with van der Waals surface area (Å²) in [5.41, 5.74) is 6.56. The Labute approximate surface area is 88.0 Å². The second-order valence-electron chi connectivity index (χ2n) is 3.40. The predicted molar refractivity (Wildman–Crippen MR) is 61.4 cm³/mol. The minimum atomic E-state index is -0.796. The Morgan fingerprint density at radius 1 is 1.36 bits per heavy atom. The lowest BCUT2D eigenvalue weighted by atomic mass is 10.2. The molecule has 0 bridgehead atoms. The summed E-state index contributed by atoms with van der Waals surface area (Å²) in [5.74, 6) is 0.641. The highest BCUT2D eigenvalue weighted by Crippen LogP contribution is 2.08. The molecule has 0 amide bonds. The maximum absolute atomic E-state index is 11.8. The fourth-order valence-corrected chi connectivity index (χ4v) is 2.45. The molecular weight excluding hydrogens is 194 g/mol. The van der Waals surface area contributed by atoms with Crippen LogP contribution in [0, 0.1) is 0 Å². The maximum Gasteiger partial charge on any atom is 0.0488 e. The Hall–Kier alpha value is -0.670. The van der Waals surface area contributed by atoms with E-state index in [4.69, 9.17) is 5.73 Å². The van der Waals surface area contributed by atoms with Gasteiger partial charge in [0.2, 0.25) is 0 Å². The van der Waals surface area contributed by atoms with Gasteiger partial charge in [-0.2, -0.15) is 0 Å². The lowest BCUT2D eigenvalue weighted by Gasteiger charge is -2.09. The number of hydrogen-bond acceptors (Lipinski definition) is 2. The van der Waals surface area contributed by atoms with Gasteiger partial charge in [-0.1, -0.05) is 37.3 Å². The van der Waals surface area contributed by atoms with Crippen LogP contribution in [0.15, 0.2) is 30.3 Å². The summed E-state index contributed by atoms with van der Waals surface area (Å²) in [7, 11) is -0.796. The molecule has 0 aliphatic heterocycles. The smallest absolute Gasteiger partial charge is 0.0488 e. The summed E-state index contributed by atoms with van der Waals surface area (Å²) in [6.07, 6.45) is 0.833. The topological polar surface area (TPSA) is 43.1 Å². The van der Waals surface area contributed by atoms with Crippen molar-refractivity contribution >= 4 is 10.8 Å². The van der Waals surface area contributed by atoms with Crippen molar-refractivity contribution in [2.75, 3.05) is 6.54 Å². The first-order valence-corrected chi connectivity index (χ1v) is 6.23. The fourth-order valence-electron chi connectivity index (χ4n) is 1.25. The van der Waals surface area contributed by atoms with Crippen LogP contribution in [0.25, 0.3) is 0 Å². The molecule has 0 saturated carbocycles. The van der Waals surface area contributed by atoms with E-state index >= 15 is 0 Å². The van der Waals surface area contributed by atoms with Crippen LogP contribution in [0.1, 0.15) is 18.9 Å². The van der Waals surface area contributed by atoms with Crippen LogP contribution in [0.2, 0.25) is 0 Å². The Morgan fingerprint density at radius 3 is 2.57 bits per heavy atom. The van der Waals surface area contributed by atoms with Gasteiger partial charge < -0.3 is 5.73 Å². The van der Waals surface area contributed by atoms with Crippen LogP contribution in [-0.4, -0.2) is 16.0 Å². The van der Waals surface area contributed by atoms with E-state index in [-0.39, 0.29) is 5.25 Å². The zero-order chi connectivity index (χ0) is 10.4. The zero-order valence-corrected chi connectivity index (χ0v) is 9.30. The summed E-state index contributed by atoms with van der Waals surface area (Å²) in [6, 6.07) is 9.93. The molecule has 0 saturated heterocycles. The molecule has 2 unspecified atom stereocenters. The third-order valence-corrected chi connectivity index (χ3v) is 3.92. The van der Waals surface area contributed by atoms with E-state index in [1.807, 2.05) is 37.3 Å². The molecule has 2 N–H and O–H groups in total. The second-order valence-corrected chi connectivity index (χ2v) is 5.25. The van der Waals surface area contributed by atoms with Gasteiger partial charge in [0, 0.05) is 21.8 Å². The van der Waals surface area contributed by atoms with Crippen molar-refractivity contribution in [2.45, 2.75) is 24.3 Å². The molecule has 2 atom stereocenters. The normalized spacial score (nSPS) is 15.0. The molecule has 1 aromatic rings. The minimum Gasteiger partial charge on any atom is -0.330 e. The number of hydrogen-bond donors (Lipinski definition) is 1. The summed E-state index contributed by atoms with van der Waals surface area (Å²) >= 11 is 0. The van der Waals surface area contributed by atoms with E-state index in [0.717, 1.165) is 12.0 Å². The average molecular weight is 211 g/mol. The standard InChI is InChI=1S/C11H17NOS/c1-10(7-8-12)14(13)9-11-5-3-2-4-6-11/h2-6,10H,7-9,12H2,1H3. The van der Waals surface area contributed by atoms with Crippen molar-refractivity contribution in [1.82, 2.24) is 0 Å². The van der Waals surface area contributed by atoms with E-state index in [0.29, 0.717) is 12.3 Å². The minimum absolute atomic E-state index is 0.195. The molecule has 14 heavy (non-hydrogen) atoms. The van der Waals surface area contributed by atoms with Gasteiger partial charge >= 0.3 is 0 Å². The van der Waals surface area contributed by atoms with E-state index in [1.165, 1.54) is 0 Å². The lowest BCUT2D eigenvalue weighted by Crippen LogP contribution is -2.17. The molecule has 0 aromatic heterocycles. The van der Waals surface area contributed by atoms with Crippen molar-refractivity contribution in [3.63, 3.8) is 0 Å². The summed E-state index contributed by atoms with van der Waals surface area (Å²) < 4.78 is 11.8. The molecule has 0 aliphatic carbocycles. The molecular formula is C11H17NOS. The average Bonchev–Trinajstić information content (AvgIpc) is 2.19. The molecule has 0 radical (unpaired) electrons. The molecule has 1 rings (SSSR count). The zero-order valence-electron chi connectivity index (χ0n) is 8.48. The third-order valence-electron chi connectivity index (χ3n) is 2.17. The number of rotatable bonds is 5. The summed E-state index contributed by atoms with van der Waals surface area (Å²) in [4.78, 5) is 0. The Balaban J connectivity index is 2.49. The number of nitrogens with two attached hydrogens (primary N) is 1. The van der Waals surface area contributed by atoms with Crippen LogP contribution >= 0.6 is 0 Å². The van der Waals surface area contributed by atoms with Crippen LogP contribution in [0.3, 0.4) is 0 Å². The van der Waals surface area contributed by atoms with E-state index in [2.05, 4.69) is 0 Å². The molecule has 0 aliphatic rings. The van der Waals surface area contributed by atoms with Gasteiger partial charge in [-0.25, -0.2) is 0 Å². The quantitative estimate of drug-likeness (QED) is 0.805. The predicted octanol–water partition coefficient (Wildman–Crippen LogP) is 1.67. The summed E-state index contributed by atoms with van der Waals surface area (Å²) in [5, 5.41) is 0.195. The van der Waals surface area contributed by atoms with E-state index < -0.39 is 10.8 Å². The van der Waals surface area contributed by atoms with Crippen LogP contribution < -0.4 is 5.73 Å². The van der Waals surface area contributed by atoms with Crippen LogP contribution in [0.5, 0.6) is 0 Å². The molecule has 0 spiro atoms. The van der Waals surface area contributed by atoms with Crippen molar-refractivity contribution in [2.24, 2.45) is 5.73 Å². The highest BCUT2D eigenvalue weighted by Gasteiger charge is 2.10. The Bertz CT molecular complexity index is 287. The molecule has 78 valence electrons. The Morgan fingerprint density at radius 2 is 2.00 bits per heavy atom. The molecule has 0 fully saturated rings. The Kier molecular flexibility index (Phi) is 4.84. The van der Waals surface area contributed by atoms with Gasteiger partial charge in [0.05, 0.1) is 0 Å². The van der Waals surface area contributed by atoms with Gasteiger partial charge in [0.15, 0.2) is 0 Å². The van der Waals surface area contributed by atoms with Gasteiger partial charge in [-0.15, -0.1) is 0 Å². The second kappa shape index (κ2) is 5.94. The van der Waals surface area contributed by atoms with Crippen molar-refractivity contribution in [3.8, 4) is 0 Å². The molecule has 2 nitrogen and oxygen atoms in total. The van der Waals surface area contributed by atoms with Crippen LogP contribution in [-0.2, 0) is 16.6 Å². The fraction of sp³-hybridized carbons (Fsp3) is 0.455. The summed E-state index contributed by atoms with van der Waals surface area (Å²) in [6.45, 7) is 2.60.